The van der Waals surface area contributed by atoms with Crippen LogP contribution in [0.3, 0.4) is 0 Å². The van der Waals surface area contributed by atoms with Crippen LogP contribution in [-0.2, 0) is 17.8 Å². The summed E-state index contributed by atoms with van der Waals surface area (Å²) in [4.78, 5) is 17.3. The Kier molecular flexibility index (Phi) is 5.32. The van der Waals surface area contributed by atoms with Crippen molar-refractivity contribution in [1.82, 2.24) is 10.1 Å². The van der Waals surface area contributed by atoms with Gasteiger partial charge in [-0.25, -0.2) is 0 Å². The summed E-state index contributed by atoms with van der Waals surface area (Å²) in [5.41, 5.74) is 3.65. The second kappa shape index (κ2) is 7.91. The number of rotatable bonds is 4. The summed E-state index contributed by atoms with van der Waals surface area (Å²) in [6.45, 7) is 7.21. The van der Waals surface area contributed by atoms with Crippen molar-refractivity contribution in [2.75, 3.05) is 20.3 Å². The maximum Gasteiger partial charge on any atom is 0.227 e. The number of aryl methyl sites for hydroxylation is 3. The van der Waals surface area contributed by atoms with Crippen LogP contribution in [0.2, 0.25) is 0 Å². The lowest BCUT2D eigenvalue weighted by Gasteiger charge is -2.20. The molecule has 3 aromatic rings. The molecule has 6 nitrogen and oxygen atoms in total. The smallest absolute Gasteiger partial charge is 0.227 e. The lowest BCUT2D eigenvalue weighted by molar-refractivity contribution is -0.131. The summed E-state index contributed by atoms with van der Waals surface area (Å²) in [5, 5.41) is 3.95. The number of methoxy groups -OCH3 is 1. The minimum atomic E-state index is 0.0344. The number of thiophene rings is 1. The number of benzene rings is 1. The molecule has 1 aliphatic heterocycles. The fourth-order valence-electron chi connectivity index (χ4n) is 3.60. The van der Waals surface area contributed by atoms with Gasteiger partial charge in [-0.2, -0.15) is 0 Å². The highest BCUT2D eigenvalue weighted by molar-refractivity contribution is 7.15. The first-order valence-electron chi connectivity index (χ1n) is 9.56. The average Bonchev–Trinajstić information content (AvgIpc) is 3.19. The third kappa shape index (κ3) is 3.87. The first kappa shape index (κ1) is 19.5. The molecule has 152 valence electrons. The topological polar surface area (TPSA) is 64.8 Å². The molecule has 1 amide bonds. The molecule has 0 saturated heterocycles. The maximum absolute atomic E-state index is 13.0. The molecule has 0 aliphatic carbocycles. The van der Waals surface area contributed by atoms with E-state index < -0.39 is 0 Å². The van der Waals surface area contributed by atoms with Gasteiger partial charge in [0.05, 0.1) is 25.8 Å². The van der Waals surface area contributed by atoms with Crippen LogP contribution >= 0.6 is 11.3 Å². The van der Waals surface area contributed by atoms with Crippen molar-refractivity contribution >= 4 is 17.2 Å². The standard InChI is InChI=1S/C22H24N2O4S/c1-13-5-6-20(29-13)16-9-17-12-24(7-8-27-22(17)19(10-16)26-4)21(25)11-18-14(2)23-28-15(18)3/h5-6,9-10H,7-8,11-12H2,1-4H3. The van der Waals surface area contributed by atoms with Crippen molar-refractivity contribution in [3.63, 3.8) is 0 Å². The van der Waals surface area contributed by atoms with Gasteiger partial charge in [-0.3, -0.25) is 4.79 Å². The Balaban J connectivity index is 1.64. The van der Waals surface area contributed by atoms with Crippen LogP contribution in [0.1, 0.15) is 27.5 Å². The van der Waals surface area contributed by atoms with E-state index in [9.17, 15) is 4.79 Å². The third-order valence-corrected chi connectivity index (χ3v) is 6.26. The minimum absolute atomic E-state index is 0.0344. The predicted octanol–water partition coefficient (Wildman–Crippen LogP) is 4.30. The Labute approximate surface area is 174 Å². The monoisotopic (exact) mass is 412 g/mol. The van der Waals surface area contributed by atoms with Gasteiger partial charge in [-0.15, -0.1) is 11.3 Å². The minimum Gasteiger partial charge on any atom is -0.493 e. The Hall–Kier alpha value is -2.80. The lowest BCUT2D eigenvalue weighted by Crippen LogP contribution is -2.33. The summed E-state index contributed by atoms with van der Waals surface area (Å²) >= 11 is 1.73. The molecular weight excluding hydrogens is 388 g/mol. The second-order valence-electron chi connectivity index (χ2n) is 7.22. The number of fused-ring (bicyclic) bond motifs is 1. The van der Waals surface area contributed by atoms with E-state index in [-0.39, 0.29) is 12.3 Å². The zero-order valence-corrected chi connectivity index (χ0v) is 17.9. The van der Waals surface area contributed by atoms with Gasteiger partial charge in [0, 0.05) is 27.4 Å². The number of carbonyl (C=O) groups excluding carboxylic acids is 1. The average molecular weight is 413 g/mol. The van der Waals surface area contributed by atoms with E-state index in [1.165, 1.54) is 9.75 Å². The molecule has 29 heavy (non-hydrogen) atoms. The molecule has 0 N–H and O–H groups in total. The van der Waals surface area contributed by atoms with Crippen LogP contribution in [0.4, 0.5) is 0 Å². The number of carbonyl (C=O) groups is 1. The number of nitrogens with zero attached hydrogens (tertiary/aromatic N) is 2. The Morgan fingerprint density at radius 1 is 1.28 bits per heavy atom. The van der Waals surface area contributed by atoms with E-state index in [1.807, 2.05) is 24.8 Å². The number of aromatic nitrogens is 1. The number of hydrogen-bond donors (Lipinski definition) is 0. The van der Waals surface area contributed by atoms with Crippen LogP contribution in [-0.4, -0.2) is 36.2 Å². The summed E-state index contributed by atoms with van der Waals surface area (Å²) < 4.78 is 16.8. The first-order chi connectivity index (χ1) is 14.0. The molecule has 0 unspecified atom stereocenters. The third-order valence-electron chi connectivity index (χ3n) is 5.21. The molecule has 0 fully saturated rings. The Morgan fingerprint density at radius 3 is 2.76 bits per heavy atom. The Bertz CT molecular complexity index is 1030. The van der Waals surface area contributed by atoms with Gasteiger partial charge in [0.1, 0.15) is 12.4 Å². The molecule has 0 bridgehead atoms. The molecule has 3 heterocycles. The van der Waals surface area contributed by atoms with Crippen molar-refractivity contribution in [1.29, 1.82) is 0 Å². The zero-order chi connectivity index (χ0) is 20.5. The highest BCUT2D eigenvalue weighted by Crippen LogP contribution is 2.40. The molecular formula is C22H24N2O4S. The summed E-state index contributed by atoms with van der Waals surface area (Å²) in [7, 11) is 1.65. The van der Waals surface area contributed by atoms with Crippen LogP contribution in [0.5, 0.6) is 11.5 Å². The van der Waals surface area contributed by atoms with E-state index in [2.05, 4.69) is 30.3 Å². The van der Waals surface area contributed by atoms with Crippen molar-refractivity contribution in [3.8, 4) is 21.9 Å². The van der Waals surface area contributed by atoms with E-state index in [4.69, 9.17) is 14.0 Å². The Morgan fingerprint density at radius 2 is 2.10 bits per heavy atom. The second-order valence-corrected chi connectivity index (χ2v) is 8.51. The quantitative estimate of drug-likeness (QED) is 0.639. The van der Waals surface area contributed by atoms with E-state index in [0.29, 0.717) is 31.2 Å². The summed E-state index contributed by atoms with van der Waals surface area (Å²) in [6.07, 6.45) is 0.275. The van der Waals surface area contributed by atoms with Gasteiger partial charge in [-0.05, 0) is 50.6 Å². The van der Waals surface area contributed by atoms with Crippen LogP contribution in [0.15, 0.2) is 28.8 Å². The van der Waals surface area contributed by atoms with Crippen molar-refractivity contribution in [3.05, 3.63) is 51.7 Å². The van der Waals surface area contributed by atoms with Crippen LogP contribution < -0.4 is 9.47 Å². The van der Waals surface area contributed by atoms with Gasteiger partial charge >= 0.3 is 0 Å². The van der Waals surface area contributed by atoms with Gasteiger partial charge in [0.15, 0.2) is 11.5 Å². The lowest BCUT2D eigenvalue weighted by atomic mass is 10.1. The highest BCUT2D eigenvalue weighted by atomic mass is 32.1. The number of amides is 1. The normalized spacial score (nSPS) is 13.6. The molecule has 0 radical (unpaired) electrons. The van der Waals surface area contributed by atoms with Crippen molar-refractivity contribution in [2.24, 2.45) is 0 Å². The molecule has 0 saturated carbocycles. The number of ether oxygens (including phenoxy) is 2. The van der Waals surface area contributed by atoms with Gasteiger partial charge in [-0.1, -0.05) is 5.16 Å². The van der Waals surface area contributed by atoms with Crippen LogP contribution in [0, 0.1) is 20.8 Å². The molecule has 2 aromatic heterocycles. The molecule has 1 aromatic carbocycles. The summed E-state index contributed by atoms with van der Waals surface area (Å²) in [6, 6.07) is 8.32. The summed E-state index contributed by atoms with van der Waals surface area (Å²) in [5.74, 6) is 2.15. The molecule has 1 aliphatic rings. The van der Waals surface area contributed by atoms with Gasteiger partial charge in [0.25, 0.3) is 0 Å². The zero-order valence-electron chi connectivity index (χ0n) is 17.1. The van der Waals surface area contributed by atoms with Crippen molar-refractivity contribution in [2.45, 2.75) is 33.7 Å². The molecule has 7 heteroatoms. The SMILES string of the molecule is COc1cc(-c2ccc(C)s2)cc2c1OCCN(C(=O)Cc1c(C)noc1C)C2. The van der Waals surface area contributed by atoms with E-state index >= 15 is 0 Å². The first-order valence-corrected chi connectivity index (χ1v) is 10.4. The predicted molar refractivity (Wildman–Crippen MR) is 112 cm³/mol. The number of hydrogen-bond acceptors (Lipinski definition) is 6. The fourth-order valence-corrected chi connectivity index (χ4v) is 4.45. The largest absolute Gasteiger partial charge is 0.493 e. The van der Waals surface area contributed by atoms with Crippen LogP contribution in [0.25, 0.3) is 10.4 Å². The molecule has 0 spiro atoms. The maximum atomic E-state index is 13.0. The highest BCUT2D eigenvalue weighted by Gasteiger charge is 2.25. The van der Waals surface area contributed by atoms with E-state index in [0.717, 1.165) is 28.1 Å². The fraction of sp³-hybridized carbons (Fsp3) is 0.364. The van der Waals surface area contributed by atoms with E-state index in [1.54, 1.807) is 18.4 Å². The van der Waals surface area contributed by atoms with Gasteiger partial charge in [0.2, 0.25) is 5.91 Å². The molecule has 0 atom stereocenters. The van der Waals surface area contributed by atoms with Gasteiger partial charge < -0.3 is 18.9 Å². The van der Waals surface area contributed by atoms with Crippen molar-refractivity contribution < 1.29 is 18.8 Å². The molecule has 4 rings (SSSR count).